The van der Waals surface area contributed by atoms with Crippen LogP contribution in [0.5, 0.6) is 11.5 Å². The van der Waals surface area contributed by atoms with E-state index in [0.29, 0.717) is 30.9 Å². The van der Waals surface area contributed by atoms with Crippen LogP contribution in [-0.4, -0.2) is 37.3 Å². The van der Waals surface area contributed by atoms with Gasteiger partial charge in [0.2, 0.25) is 5.91 Å². The van der Waals surface area contributed by atoms with Crippen molar-refractivity contribution in [2.24, 2.45) is 0 Å². The Hall–Kier alpha value is -3.32. The largest absolute Gasteiger partial charge is 0.497 e. The number of hydroxylamine groups is 1. The lowest BCUT2D eigenvalue weighted by molar-refractivity contribution is -0.116. The third-order valence-electron chi connectivity index (χ3n) is 3.65. The van der Waals surface area contributed by atoms with Crippen LogP contribution in [-0.2, 0) is 4.79 Å². The Bertz CT molecular complexity index is 770. The average molecular weight is 370 g/mol. The van der Waals surface area contributed by atoms with E-state index in [4.69, 9.17) is 14.7 Å². The van der Waals surface area contributed by atoms with E-state index in [1.165, 1.54) is 6.08 Å². The molecule has 2 rings (SSSR count). The zero-order chi connectivity index (χ0) is 19.5. The van der Waals surface area contributed by atoms with Crippen LogP contribution < -0.4 is 20.3 Å². The van der Waals surface area contributed by atoms with Crippen LogP contribution in [0.2, 0.25) is 0 Å². The van der Waals surface area contributed by atoms with Gasteiger partial charge in [0.15, 0.2) is 0 Å². The molecular weight excluding hydrogens is 348 g/mol. The first-order valence-electron chi connectivity index (χ1n) is 8.39. The van der Waals surface area contributed by atoms with Gasteiger partial charge in [-0.25, -0.2) is 5.48 Å². The molecular formula is C20H22N2O5. The van der Waals surface area contributed by atoms with Crippen LogP contribution in [0.3, 0.4) is 0 Å². The van der Waals surface area contributed by atoms with E-state index in [1.807, 2.05) is 24.3 Å². The van der Waals surface area contributed by atoms with Crippen molar-refractivity contribution in [3.8, 4) is 11.5 Å². The highest BCUT2D eigenvalue weighted by atomic mass is 16.5. The minimum Gasteiger partial charge on any atom is -0.497 e. The summed E-state index contributed by atoms with van der Waals surface area (Å²) in [6.07, 6.45) is 3.85. The Morgan fingerprint density at radius 3 is 2.33 bits per heavy atom. The van der Waals surface area contributed by atoms with Crippen LogP contribution in [0.1, 0.15) is 22.3 Å². The molecule has 27 heavy (non-hydrogen) atoms. The molecule has 142 valence electrons. The average Bonchev–Trinajstić information content (AvgIpc) is 2.72. The molecule has 0 aromatic heterocycles. The maximum absolute atomic E-state index is 11.8. The molecule has 0 atom stereocenters. The summed E-state index contributed by atoms with van der Waals surface area (Å²) in [4.78, 5) is 23.0. The summed E-state index contributed by atoms with van der Waals surface area (Å²) in [5, 5.41) is 11.3. The topological polar surface area (TPSA) is 96.9 Å². The van der Waals surface area contributed by atoms with Crippen molar-refractivity contribution in [2.45, 2.75) is 6.42 Å². The van der Waals surface area contributed by atoms with Gasteiger partial charge in [0.05, 0.1) is 13.7 Å². The number of benzene rings is 2. The van der Waals surface area contributed by atoms with Crippen LogP contribution >= 0.6 is 0 Å². The van der Waals surface area contributed by atoms with Gasteiger partial charge in [0.25, 0.3) is 5.91 Å². The van der Waals surface area contributed by atoms with Crippen LogP contribution in [0.25, 0.3) is 6.08 Å². The molecule has 0 spiro atoms. The van der Waals surface area contributed by atoms with Gasteiger partial charge in [-0.1, -0.05) is 12.1 Å². The van der Waals surface area contributed by atoms with Gasteiger partial charge in [0.1, 0.15) is 11.5 Å². The number of methoxy groups -OCH3 is 1. The van der Waals surface area contributed by atoms with Gasteiger partial charge in [0, 0.05) is 18.2 Å². The number of hydrogen-bond acceptors (Lipinski definition) is 5. The summed E-state index contributed by atoms with van der Waals surface area (Å²) in [5.74, 6) is 0.621. The summed E-state index contributed by atoms with van der Waals surface area (Å²) >= 11 is 0. The summed E-state index contributed by atoms with van der Waals surface area (Å²) in [5.41, 5.74) is 2.81. The molecule has 0 heterocycles. The van der Waals surface area contributed by atoms with Crippen LogP contribution in [0.15, 0.2) is 54.6 Å². The quantitative estimate of drug-likeness (QED) is 0.273. The fourth-order valence-electron chi connectivity index (χ4n) is 2.19. The normalized spacial score (nSPS) is 10.4. The second-order valence-electron chi connectivity index (χ2n) is 5.56. The first kappa shape index (κ1) is 20.0. The molecule has 0 aliphatic carbocycles. The van der Waals surface area contributed by atoms with Crippen molar-refractivity contribution in [2.75, 3.05) is 20.3 Å². The highest BCUT2D eigenvalue weighted by molar-refractivity contribution is 5.93. The molecule has 3 N–H and O–H groups in total. The summed E-state index contributed by atoms with van der Waals surface area (Å²) in [6.45, 7) is 0.908. The lowest BCUT2D eigenvalue weighted by Gasteiger charge is -2.07. The Labute approximate surface area is 157 Å². The van der Waals surface area contributed by atoms with Crippen molar-refractivity contribution in [1.82, 2.24) is 10.8 Å². The molecule has 0 aliphatic heterocycles. The van der Waals surface area contributed by atoms with Crippen molar-refractivity contribution in [1.29, 1.82) is 0 Å². The molecule has 2 aromatic rings. The highest BCUT2D eigenvalue weighted by Gasteiger charge is 2.03. The number of amides is 2. The SMILES string of the molecule is COc1ccc(/C=C/C(=O)NCCCOc2ccc(C(=O)NO)cc2)cc1. The molecule has 0 radical (unpaired) electrons. The van der Waals surface area contributed by atoms with Gasteiger partial charge in [-0.3, -0.25) is 14.8 Å². The Morgan fingerprint density at radius 1 is 1.04 bits per heavy atom. The summed E-state index contributed by atoms with van der Waals surface area (Å²) in [6, 6.07) is 13.8. The summed E-state index contributed by atoms with van der Waals surface area (Å²) < 4.78 is 10.6. The molecule has 7 nitrogen and oxygen atoms in total. The third kappa shape index (κ3) is 6.83. The third-order valence-corrected chi connectivity index (χ3v) is 3.65. The smallest absolute Gasteiger partial charge is 0.274 e. The Balaban J connectivity index is 1.65. The van der Waals surface area contributed by atoms with Crippen molar-refractivity contribution >= 4 is 17.9 Å². The molecule has 0 saturated heterocycles. The Morgan fingerprint density at radius 2 is 1.70 bits per heavy atom. The monoisotopic (exact) mass is 370 g/mol. The number of carbonyl (C=O) groups is 2. The molecule has 2 aromatic carbocycles. The molecule has 0 unspecified atom stereocenters. The Kier molecular flexibility index (Phi) is 7.87. The van der Waals surface area contributed by atoms with Crippen LogP contribution in [0.4, 0.5) is 0 Å². The number of rotatable bonds is 9. The fourth-order valence-corrected chi connectivity index (χ4v) is 2.19. The molecule has 7 heteroatoms. The number of ether oxygens (including phenoxy) is 2. The van der Waals surface area contributed by atoms with Gasteiger partial charge >= 0.3 is 0 Å². The summed E-state index contributed by atoms with van der Waals surface area (Å²) in [7, 11) is 1.60. The van der Waals surface area contributed by atoms with E-state index in [0.717, 1.165) is 11.3 Å². The number of nitrogens with one attached hydrogen (secondary N) is 2. The zero-order valence-electron chi connectivity index (χ0n) is 15.0. The maximum Gasteiger partial charge on any atom is 0.274 e. The molecule has 0 saturated carbocycles. The lowest BCUT2D eigenvalue weighted by atomic mass is 10.2. The molecule has 0 fully saturated rings. The minimum atomic E-state index is -0.577. The predicted octanol–water partition coefficient (Wildman–Crippen LogP) is 2.41. The van der Waals surface area contributed by atoms with E-state index in [-0.39, 0.29) is 5.91 Å². The van der Waals surface area contributed by atoms with E-state index < -0.39 is 5.91 Å². The standard InChI is InChI=1S/C20H22N2O5/c1-26-17-8-3-15(4-9-17)5-12-19(23)21-13-2-14-27-18-10-6-16(7-11-18)20(24)22-25/h3-12,25H,2,13-14H2,1H3,(H,21,23)(H,22,24)/b12-5+. The number of carbonyl (C=O) groups excluding carboxylic acids is 2. The van der Waals surface area contributed by atoms with Crippen molar-refractivity contribution < 1.29 is 24.3 Å². The van der Waals surface area contributed by atoms with Crippen LogP contribution in [0, 0.1) is 0 Å². The minimum absolute atomic E-state index is 0.176. The first-order chi connectivity index (χ1) is 13.1. The van der Waals surface area contributed by atoms with E-state index in [1.54, 1.807) is 42.9 Å². The molecule has 0 aliphatic rings. The zero-order valence-corrected chi connectivity index (χ0v) is 15.0. The first-order valence-corrected chi connectivity index (χ1v) is 8.39. The highest BCUT2D eigenvalue weighted by Crippen LogP contribution is 2.13. The van der Waals surface area contributed by atoms with Crippen molar-refractivity contribution in [3.63, 3.8) is 0 Å². The second kappa shape index (κ2) is 10.6. The van der Waals surface area contributed by atoms with Gasteiger partial charge < -0.3 is 14.8 Å². The van der Waals surface area contributed by atoms with Gasteiger partial charge in [-0.2, -0.15) is 0 Å². The van der Waals surface area contributed by atoms with E-state index in [2.05, 4.69) is 5.32 Å². The van der Waals surface area contributed by atoms with Gasteiger partial charge in [-0.05, 0) is 54.5 Å². The maximum atomic E-state index is 11.8. The predicted molar refractivity (Wildman–Crippen MR) is 101 cm³/mol. The number of hydrogen-bond donors (Lipinski definition) is 3. The molecule has 2 amide bonds. The van der Waals surface area contributed by atoms with Gasteiger partial charge in [-0.15, -0.1) is 0 Å². The second-order valence-corrected chi connectivity index (χ2v) is 5.56. The van der Waals surface area contributed by atoms with E-state index >= 15 is 0 Å². The van der Waals surface area contributed by atoms with E-state index in [9.17, 15) is 9.59 Å². The lowest BCUT2D eigenvalue weighted by Crippen LogP contribution is -2.23. The fraction of sp³-hybridized carbons (Fsp3) is 0.200. The van der Waals surface area contributed by atoms with Crippen molar-refractivity contribution in [3.05, 3.63) is 65.7 Å². The molecule has 0 bridgehead atoms.